The molecule has 0 saturated carbocycles. The molecule has 0 amide bonds. The van der Waals surface area contributed by atoms with Gasteiger partial charge in [-0.1, -0.05) is 0 Å². The van der Waals surface area contributed by atoms with Gasteiger partial charge in [-0.3, -0.25) is 0 Å². The quantitative estimate of drug-likeness (QED) is 0.334. The maximum atomic E-state index is 9.40. The van der Waals surface area contributed by atoms with Gasteiger partial charge in [0.15, 0.2) is 17.4 Å². The molecule has 0 heterocycles. The van der Waals surface area contributed by atoms with Gasteiger partial charge in [-0.05, 0) is 0 Å². The van der Waals surface area contributed by atoms with Crippen molar-refractivity contribution in [1.82, 2.24) is 0 Å². The van der Waals surface area contributed by atoms with E-state index in [0.717, 1.165) is 0 Å². The Balaban J connectivity index is -0.0000000800. The van der Waals surface area contributed by atoms with Crippen molar-refractivity contribution in [3.8, 4) is 0 Å². The van der Waals surface area contributed by atoms with Crippen LogP contribution in [0.2, 0.25) is 0 Å². The summed E-state index contributed by atoms with van der Waals surface area (Å²) in [4.78, 5) is 0. The Morgan fingerprint density at radius 3 is 2.00 bits per heavy atom. The van der Waals surface area contributed by atoms with E-state index < -0.39 is 0 Å². The SMILES string of the molecule is COCC[O-].[AlH3].[Li+]. The van der Waals surface area contributed by atoms with Gasteiger partial charge in [-0.25, -0.2) is 0 Å². The van der Waals surface area contributed by atoms with E-state index in [1.165, 1.54) is 7.11 Å². The minimum atomic E-state index is -0.128. The zero-order valence-electron chi connectivity index (χ0n) is 4.23. The molecule has 0 aliphatic heterocycles. The fraction of sp³-hybridized carbons (Fsp3) is 1.00. The van der Waals surface area contributed by atoms with Gasteiger partial charge in [0, 0.05) is 13.7 Å². The van der Waals surface area contributed by atoms with E-state index in [2.05, 4.69) is 4.74 Å². The molecule has 0 fully saturated rings. The summed E-state index contributed by atoms with van der Waals surface area (Å²) in [6.45, 7) is 0.205. The summed E-state index contributed by atoms with van der Waals surface area (Å²) < 4.78 is 4.38. The van der Waals surface area contributed by atoms with Crippen LogP contribution in [0.4, 0.5) is 0 Å². The molecule has 0 radical (unpaired) electrons. The molecule has 4 heteroatoms. The van der Waals surface area contributed by atoms with Crippen LogP contribution in [0.1, 0.15) is 0 Å². The molecule has 0 aliphatic carbocycles. The van der Waals surface area contributed by atoms with Crippen LogP contribution < -0.4 is 24.0 Å². The second kappa shape index (κ2) is 15.7. The van der Waals surface area contributed by atoms with Gasteiger partial charge in [0.25, 0.3) is 0 Å². The number of methoxy groups -OCH3 is 1. The van der Waals surface area contributed by atoms with Crippen LogP contribution in [0.25, 0.3) is 0 Å². The van der Waals surface area contributed by atoms with Gasteiger partial charge in [0.2, 0.25) is 0 Å². The van der Waals surface area contributed by atoms with E-state index in [1.807, 2.05) is 0 Å². The Bertz CT molecular complexity index is 20.4. The minimum Gasteiger partial charge on any atom is -0.853 e. The van der Waals surface area contributed by atoms with E-state index in [0.29, 0.717) is 6.61 Å². The van der Waals surface area contributed by atoms with Gasteiger partial charge in [0.05, 0.1) is 0 Å². The third-order valence-electron chi connectivity index (χ3n) is 0.287. The first-order valence-electron chi connectivity index (χ1n) is 1.49. The molecule has 0 unspecified atom stereocenters. The molecule has 0 N–H and O–H groups in total. The molecule has 0 aromatic rings. The molecule has 0 aromatic heterocycles. The molecule has 0 saturated heterocycles. The summed E-state index contributed by atoms with van der Waals surface area (Å²) >= 11 is 0. The summed E-state index contributed by atoms with van der Waals surface area (Å²) in [6.07, 6.45) is 0. The van der Waals surface area contributed by atoms with Gasteiger partial charge in [0.1, 0.15) is 0 Å². The smallest absolute Gasteiger partial charge is 0.853 e. The number of hydrogen-bond acceptors (Lipinski definition) is 2. The Morgan fingerprint density at radius 1 is 1.57 bits per heavy atom. The molecule has 0 bridgehead atoms. The monoisotopic (exact) mass is 112 g/mol. The molecular formula is C3H10AlLiO2. The predicted molar refractivity (Wildman–Crippen MR) is 26.7 cm³/mol. The maximum Gasteiger partial charge on any atom is 1.00 e. The van der Waals surface area contributed by atoms with Crippen LogP contribution in [0.5, 0.6) is 0 Å². The van der Waals surface area contributed by atoms with Crippen molar-refractivity contribution in [1.29, 1.82) is 0 Å². The molecule has 0 atom stereocenters. The fourth-order valence-corrected chi connectivity index (χ4v) is 0.0833. The van der Waals surface area contributed by atoms with E-state index >= 15 is 0 Å². The molecule has 7 heavy (non-hydrogen) atoms. The summed E-state index contributed by atoms with van der Waals surface area (Å²) in [7, 11) is 1.51. The number of hydrogen-bond donors (Lipinski definition) is 0. The molecule has 0 aromatic carbocycles. The van der Waals surface area contributed by atoms with Crippen LogP contribution in [0, 0.1) is 0 Å². The zero-order valence-corrected chi connectivity index (χ0v) is 4.23. The zero-order chi connectivity index (χ0) is 4.12. The first kappa shape index (κ1) is 15.7. The summed E-state index contributed by atoms with van der Waals surface area (Å²) in [5.74, 6) is 0. The number of rotatable bonds is 2. The minimum absolute atomic E-state index is 0. The summed E-state index contributed by atoms with van der Waals surface area (Å²) in [5, 5.41) is 9.40. The van der Waals surface area contributed by atoms with E-state index in [4.69, 9.17) is 0 Å². The van der Waals surface area contributed by atoms with E-state index in [9.17, 15) is 5.11 Å². The van der Waals surface area contributed by atoms with Gasteiger partial charge >= 0.3 is 18.9 Å². The first-order valence-corrected chi connectivity index (χ1v) is 1.49. The third-order valence-corrected chi connectivity index (χ3v) is 0.287. The Labute approximate surface area is 66.5 Å². The third kappa shape index (κ3) is 19.3. The Morgan fingerprint density at radius 2 is 2.00 bits per heavy atom. The van der Waals surface area contributed by atoms with Crippen LogP contribution in [0.15, 0.2) is 0 Å². The fourth-order valence-electron chi connectivity index (χ4n) is 0.0833. The average molecular weight is 112 g/mol. The molecular weight excluding hydrogens is 102 g/mol. The average Bonchev–Trinajstić information content (AvgIpc) is 1.41. The Kier molecular flexibility index (Phi) is 35.3. The summed E-state index contributed by atoms with van der Waals surface area (Å²) in [6, 6.07) is 0. The number of ether oxygens (including phenoxy) is 1. The van der Waals surface area contributed by atoms with Crippen molar-refractivity contribution in [2.24, 2.45) is 0 Å². The van der Waals surface area contributed by atoms with E-state index in [-0.39, 0.29) is 42.8 Å². The molecule has 0 spiro atoms. The topological polar surface area (TPSA) is 32.3 Å². The first-order chi connectivity index (χ1) is 2.41. The predicted octanol–water partition coefficient (Wildman–Crippen LogP) is -5.19. The van der Waals surface area contributed by atoms with Gasteiger partial charge < -0.3 is 9.84 Å². The van der Waals surface area contributed by atoms with Crippen molar-refractivity contribution in [2.75, 3.05) is 20.3 Å². The van der Waals surface area contributed by atoms with E-state index in [1.54, 1.807) is 0 Å². The van der Waals surface area contributed by atoms with Crippen molar-refractivity contribution >= 4 is 17.4 Å². The van der Waals surface area contributed by atoms with Crippen molar-refractivity contribution in [3.63, 3.8) is 0 Å². The normalized spacial score (nSPS) is 6.00. The van der Waals surface area contributed by atoms with Crippen molar-refractivity contribution < 1.29 is 28.7 Å². The second-order valence-electron chi connectivity index (χ2n) is 0.697. The van der Waals surface area contributed by atoms with Crippen molar-refractivity contribution in [2.45, 2.75) is 0 Å². The van der Waals surface area contributed by atoms with Crippen LogP contribution >= 0.6 is 0 Å². The van der Waals surface area contributed by atoms with Crippen LogP contribution in [0.3, 0.4) is 0 Å². The standard InChI is InChI=1S/C3H7O2.Al.Li.3H/c1-5-3-2-4;;;;;/h2-3H2,1H3;;;;;/q-1;;+1;;;. The Hall–Kier alpha value is 1.05. The van der Waals surface area contributed by atoms with Gasteiger partial charge in [-0.2, -0.15) is 0 Å². The van der Waals surface area contributed by atoms with Crippen LogP contribution in [-0.2, 0) is 4.74 Å². The van der Waals surface area contributed by atoms with Gasteiger partial charge in [-0.15, -0.1) is 6.61 Å². The molecule has 38 valence electrons. The molecule has 2 nitrogen and oxygen atoms in total. The maximum absolute atomic E-state index is 9.40. The largest absolute Gasteiger partial charge is 1.00 e. The molecule has 0 aliphatic rings. The molecule has 0 rings (SSSR count). The second-order valence-corrected chi connectivity index (χ2v) is 0.697. The van der Waals surface area contributed by atoms with Crippen LogP contribution in [-0.4, -0.2) is 37.7 Å². The van der Waals surface area contributed by atoms with Crippen molar-refractivity contribution in [3.05, 3.63) is 0 Å². The summed E-state index contributed by atoms with van der Waals surface area (Å²) in [5.41, 5.74) is 0.